The quantitative estimate of drug-likeness (QED) is 0.542. The molecule has 2 heterocycles. The van der Waals surface area contributed by atoms with Gasteiger partial charge in [-0.25, -0.2) is 18.1 Å². The van der Waals surface area contributed by atoms with Gasteiger partial charge in [0, 0.05) is 18.0 Å². The van der Waals surface area contributed by atoms with Gasteiger partial charge in [0.25, 0.3) is 15.7 Å². The van der Waals surface area contributed by atoms with Crippen molar-refractivity contribution >= 4 is 21.4 Å². The van der Waals surface area contributed by atoms with Crippen molar-refractivity contribution in [1.29, 1.82) is 0 Å². The van der Waals surface area contributed by atoms with Crippen LogP contribution in [0.5, 0.6) is 0 Å². The second kappa shape index (κ2) is 6.56. The number of hydrogen-bond acceptors (Lipinski definition) is 6. The summed E-state index contributed by atoms with van der Waals surface area (Å²) >= 11 is 0. The molecule has 0 fully saturated rings. The Balaban J connectivity index is 2.08. The Morgan fingerprint density at radius 1 is 1.15 bits per heavy atom. The van der Waals surface area contributed by atoms with Gasteiger partial charge in [0.2, 0.25) is 0 Å². The molecule has 3 rings (SSSR count). The number of nitro groups is 1. The van der Waals surface area contributed by atoms with Crippen LogP contribution in [0.2, 0.25) is 0 Å². The van der Waals surface area contributed by atoms with Crippen LogP contribution in [0.1, 0.15) is 11.4 Å². The van der Waals surface area contributed by atoms with E-state index < -0.39 is 25.5 Å². The highest BCUT2D eigenvalue weighted by atomic mass is 32.2. The van der Waals surface area contributed by atoms with E-state index in [1.165, 1.54) is 35.1 Å². The lowest BCUT2D eigenvalue weighted by Gasteiger charge is -2.12. The molecule has 134 valence electrons. The van der Waals surface area contributed by atoms with Crippen molar-refractivity contribution in [3.63, 3.8) is 0 Å². The monoisotopic (exact) mass is 373 g/mol. The highest BCUT2D eigenvalue weighted by Crippen LogP contribution is 2.27. The molecule has 0 aliphatic rings. The molecule has 1 N–H and O–H groups in total. The smallest absolute Gasteiger partial charge is 0.276 e. The van der Waals surface area contributed by atoms with Crippen molar-refractivity contribution in [2.75, 3.05) is 4.72 Å². The lowest BCUT2D eigenvalue weighted by Crippen LogP contribution is -2.17. The van der Waals surface area contributed by atoms with Crippen LogP contribution in [0.25, 0.3) is 5.82 Å². The molecule has 9 nitrogen and oxygen atoms in total. The summed E-state index contributed by atoms with van der Waals surface area (Å²) in [6, 6.07) is 10.1. The topological polar surface area (TPSA) is 120 Å². The van der Waals surface area contributed by atoms with E-state index in [4.69, 9.17) is 0 Å². The number of para-hydroxylation sites is 1. The molecule has 0 radical (unpaired) electrons. The van der Waals surface area contributed by atoms with Gasteiger partial charge >= 0.3 is 0 Å². The van der Waals surface area contributed by atoms with Crippen LogP contribution < -0.4 is 4.72 Å². The number of aromatic nitrogens is 3. The van der Waals surface area contributed by atoms with Crippen molar-refractivity contribution in [1.82, 2.24) is 14.8 Å². The number of hydrogen-bond donors (Lipinski definition) is 1. The molecule has 1 aromatic carbocycles. The fraction of sp³-hybridized carbons (Fsp3) is 0.125. The summed E-state index contributed by atoms with van der Waals surface area (Å²) in [5.41, 5.74) is 1.18. The SMILES string of the molecule is Cc1cc(C)n(-c2ncccc2NS(=O)(=O)c2ccccc2[N+](=O)[O-])n1. The Kier molecular flexibility index (Phi) is 4.43. The zero-order chi connectivity index (χ0) is 18.9. The van der Waals surface area contributed by atoms with Crippen LogP contribution in [0.3, 0.4) is 0 Å². The van der Waals surface area contributed by atoms with E-state index in [1.807, 2.05) is 19.9 Å². The van der Waals surface area contributed by atoms with Gasteiger partial charge in [-0.2, -0.15) is 5.10 Å². The van der Waals surface area contributed by atoms with Crippen molar-refractivity contribution in [3.8, 4) is 5.82 Å². The van der Waals surface area contributed by atoms with Gasteiger partial charge in [-0.1, -0.05) is 12.1 Å². The number of nitro benzene ring substituents is 1. The first-order chi connectivity index (χ1) is 12.3. The van der Waals surface area contributed by atoms with Crippen molar-refractivity contribution in [2.45, 2.75) is 18.7 Å². The first-order valence-electron chi connectivity index (χ1n) is 7.54. The van der Waals surface area contributed by atoms with Gasteiger partial charge in [0.15, 0.2) is 10.7 Å². The number of aryl methyl sites for hydroxylation is 2. The van der Waals surface area contributed by atoms with Crippen molar-refractivity contribution < 1.29 is 13.3 Å². The fourth-order valence-corrected chi connectivity index (χ4v) is 3.76. The molecular weight excluding hydrogens is 358 g/mol. The largest absolute Gasteiger partial charge is 0.289 e. The number of pyridine rings is 1. The van der Waals surface area contributed by atoms with Gasteiger partial charge in [-0.15, -0.1) is 0 Å². The van der Waals surface area contributed by atoms with E-state index in [0.717, 1.165) is 17.5 Å². The Bertz CT molecular complexity index is 1090. The Morgan fingerprint density at radius 3 is 2.54 bits per heavy atom. The third kappa shape index (κ3) is 3.26. The Labute approximate surface area is 149 Å². The molecule has 3 aromatic rings. The van der Waals surface area contributed by atoms with Crippen LogP contribution in [-0.4, -0.2) is 28.1 Å². The van der Waals surface area contributed by atoms with Crippen LogP contribution in [0, 0.1) is 24.0 Å². The van der Waals surface area contributed by atoms with Gasteiger partial charge in [-0.05, 0) is 38.1 Å². The summed E-state index contributed by atoms with van der Waals surface area (Å²) in [5, 5.41) is 15.4. The molecule has 0 aliphatic carbocycles. The minimum absolute atomic E-state index is 0.164. The predicted octanol–water partition coefficient (Wildman–Crippen LogP) is 2.59. The lowest BCUT2D eigenvalue weighted by atomic mass is 10.3. The molecule has 0 atom stereocenters. The Hall–Kier alpha value is -3.27. The summed E-state index contributed by atoms with van der Waals surface area (Å²) in [6.07, 6.45) is 1.51. The van der Waals surface area contributed by atoms with Gasteiger partial charge < -0.3 is 0 Å². The predicted molar refractivity (Wildman–Crippen MR) is 94.7 cm³/mol. The Morgan fingerprint density at radius 2 is 1.88 bits per heavy atom. The van der Waals surface area contributed by atoms with Gasteiger partial charge in [0.1, 0.15) is 0 Å². The van der Waals surface area contributed by atoms with E-state index in [-0.39, 0.29) is 11.5 Å². The lowest BCUT2D eigenvalue weighted by molar-refractivity contribution is -0.387. The summed E-state index contributed by atoms with van der Waals surface area (Å²) in [7, 11) is -4.20. The maximum absolute atomic E-state index is 12.7. The second-order valence-corrected chi connectivity index (χ2v) is 7.19. The maximum Gasteiger partial charge on any atom is 0.289 e. The second-order valence-electron chi connectivity index (χ2n) is 5.54. The van der Waals surface area contributed by atoms with Crippen LogP contribution in [-0.2, 0) is 10.0 Å². The average molecular weight is 373 g/mol. The number of nitrogens with zero attached hydrogens (tertiary/aromatic N) is 4. The van der Waals surface area contributed by atoms with Gasteiger partial charge in [0.05, 0.1) is 16.3 Å². The molecule has 0 spiro atoms. The number of anilines is 1. The first-order valence-corrected chi connectivity index (χ1v) is 9.03. The third-order valence-corrected chi connectivity index (χ3v) is 5.01. The third-order valence-electron chi connectivity index (χ3n) is 3.59. The van der Waals surface area contributed by atoms with E-state index in [1.54, 1.807) is 6.07 Å². The van der Waals surface area contributed by atoms with Crippen LogP contribution in [0.15, 0.2) is 53.6 Å². The first kappa shape index (κ1) is 17.5. The summed E-state index contributed by atoms with van der Waals surface area (Å²) in [5.74, 6) is 0.278. The number of nitrogens with one attached hydrogen (secondary N) is 1. The molecule has 2 aromatic heterocycles. The number of rotatable bonds is 5. The molecule has 0 aliphatic heterocycles. The summed E-state index contributed by atoms with van der Waals surface area (Å²) < 4.78 is 29.3. The van der Waals surface area contributed by atoms with Gasteiger partial charge in [-0.3, -0.25) is 14.8 Å². The average Bonchev–Trinajstić information content (AvgIpc) is 2.93. The minimum atomic E-state index is -4.20. The molecule has 26 heavy (non-hydrogen) atoms. The number of benzene rings is 1. The normalized spacial score (nSPS) is 11.3. The molecular formula is C16H15N5O4S. The van der Waals surface area contributed by atoms with Crippen molar-refractivity contribution in [3.05, 3.63) is 70.2 Å². The molecule has 0 saturated heterocycles. The summed E-state index contributed by atoms with van der Waals surface area (Å²) in [6.45, 7) is 3.62. The molecule has 0 bridgehead atoms. The van der Waals surface area contributed by atoms with E-state index in [9.17, 15) is 18.5 Å². The number of sulfonamides is 1. The van der Waals surface area contributed by atoms with Crippen LogP contribution >= 0.6 is 0 Å². The highest BCUT2D eigenvalue weighted by Gasteiger charge is 2.26. The summed E-state index contributed by atoms with van der Waals surface area (Å²) in [4.78, 5) is 14.2. The van der Waals surface area contributed by atoms with E-state index >= 15 is 0 Å². The minimum Gasteiger partial charge on any atom is -0.276 e. The van der Waals surface area contributed by atoms with Crippen molar-refractivity contribution in [2.24, 2.45) is 0 Å². The van der Waals surface area contributed by atoms with E-state index in [2.05, 4.69) is 14.8 Å². The highest BCUT2D eigenvalue weighted by molar-refractivity contribution is 7.92. The molecule has 0 amide bonds. The molecule has 0 unspecified atom stereocenters. The fourth-order valence-electron chi connectivity index (χ4n) is 2.52. The maximum atomic E-state index is 12.7. The standard InChI is InChI=1S/C16H15N5O4S/c1-11-10-12(2)20(18-11)16-13(6-5-9-17-16)19-26(24,25)15-8-4-3-7-14(15)21(22)23/h3-10,19H,1-2H3. The molecule has 0 saturated carbocycles. The molecule has 10 heteroatoms. The zero-order valence-electron chi connectivity index (χ0n) is 13.9. The van der Waals surface area contributed by atoms with Crippen LogP contribution in [0.4, 0.5) is 11.4 Å². The zero-order valence-corrected chi connectivity index (χ0v) is 14.8. The van der Waals surface area contributed by atoms with E-state index in [0.29, 0.717) is 0 Å².